The molecular formula is C14H17N3S. The average Bonchev–Trinajstić information content (AvgIpc) is 2.82. The van der Waals surface area contributed by atoms with Crippen molar-refractivity contribution in [3.05, 3.63) is 53.3 Å². The van der Waals surface area contributed by atoms with Gasteiger partial charge in [0, 0.05) is 37.3 Å². The Labute approximate surface area is 112 Å². The van der Waals surface area contributed by atoms with Gasteiger partial charge in [0.15, 0.2) is 0 Å². The third-order valence-corrected chi connectivity index (χ3v) is 4.36. The van der Waals surface area contributed by atoms with Crippen LogP contribution in [0.5, 0.6) is 0 Å². The Bertz CT molecular complexity index is 535. The summed E-state index contributed by atoms with van der Waals surface area (Å²) in [6.45, 7) is 0.834. The van der Waals surface area contributed by atoms with Crippen LogP contribution >= 0.6 is 11.8 Å². The molecule has 1 aromatic heterocycles. The first kappa shape index (κ1) is 11.8. The van der Waals surface area contributed by atoms with E-state index >= 15 is 0 Å². The van der Waals surface area contributed by atoms with Crippen LogP contribution in [0.25, 0.3) is 0 Å². The SMILES string of the molecule is Cn1ccc(CNC2CSCc3ccccc32)n1. The second-order valence-corrected chi connectivity index (χ2v) is 5.66. The van der Waals surface area contributed by atoms with E-state index < -0.39 is 0 Å². The molecule has 1 aromatic carbocycles. The van der Waals surface area contributed by atoms with Crippen molar-refractivity contribution in [3.8, 4) is 0 Å². The predicted octanol–water partition coefficient (Wildman–Crippen LogP) is 2.50. The number of fused-ring (bicyclic) bond motifs is 1. The first-order valence-corrected chi connectivity index (χ1v) is 7.36. The van der Waals surface area contributed by atoms with Crippen LogP contribution in [0.1, 0.15) is 22.9 Å². The van der Waals surface area contributed by atoms with Crippen molar-refractivity contribution < 1.29 is 0 Å². The van der Waals surface area contributed by atoms with Crippen molar-refractivity contribution in [3.63, 3.8) is 0 Å². The lowest BCUT2D eigenvalue weighted by molar-refractivity contribution is 0.562. The van der Waals surface area contributed by atoms with Crippen LogP contribution in [0.4, 0.5) is 0 Å². The maximum absolute atomic E-state index is 4.40. The Hall–Kier alpha value is -1.26. The highest BCUT2D eigenvalue weighted by Crippen LogP contribution is 2.31. The molecule has 1 aliphatic heterocycles. The van der Waals surface area contributed by atoms with Crippen LogP contribution in [0, 0.1) is 0 Å². The van der Waals surface area contributed by atoms with E-state index in [2.05, 4.69) is 40.7 Å². The molecule has 4 heteroatoms. The fourth-order valence-electron chi connectivity index (χ4n) is 2.34. The molecule has 2 heterocycles. The Kier molecular flexibility index (Phi) is 3.39. The number of aryl methyl sites for hydroxylation is 1. The number of hydrogen-bond acceptors (Lipinski definition) is 3. The van der Waals surface area contributed by atoms with Crippen molar-refractivity contribution in [1.29, 1.82) is 0 Å². The molecule has 0 bridgehead atoms. The zero-order valence-corrected chi connectivity index (χ0v) is 11.3. The van der Waals surface area contributed by atoms with Gasteiger partial charge in [-0.25, -0.2) is 0 Å². The van der Waals surface area contributed by atoms with Gasteiger partial charge in [0.2, 0.25) is 0 Å². The van der Waals surface area contributed by atoms with Gasteiger partial charge in [0.25, 0.3) is 0 Å². The first-order chi connectivity index (χ1) is 8.83. The Balaban J connectivity index is 1.71. The van der Waals surface area contributed by atoms with Gasteiger partial charge in [-0.15, -0.1) is 0 Å². The molecule has 0 radical (unpaired) electrons. The van der Waals surface area contributed by atoms with Crippen molar-refractivity contribution in [1.82, 2.24) is 15.1 Å². The van der Waals surface area contributed by atoms with E-state index in [1.165, 1.54) is 11.1 Å². The normalized spacial score (nSPS) is 18.6. The van der Waals surface area contributed by atoms with E-state index in [9.17, 15) is 0 Å². The van der Waals surface area contributed by atoms with Gasteiger partial charge in [-0.05, 0) is 17.2 Å². The van der Waals surface area contributed by atoms with Gasteiger partial charge in [-0.2, -0.15) is 16.9 Å². The third kappa shape index (κ3) is 2.44. The summed E-state index contributed by atoms with van der Waals surface area (Å²) in [5.74, 6) is 2.28. The summed E-state index contributed by atoms with van der Waals surface area (Å²) >= 11 is 2.00. The molecule has 3 nitrogen and oxygen atoms in total. The summed E-state index contributed by atoms with van der Waals surface area (Å²) in [5, 5.41) is 8.01. The van der Waals surface area contributed by atoms with E-state index in [0.29, 0.717) is 6.04 Å². The quantitative estimate of drug-likeness (QED) is 0.918. The minimum Gasteiger partial charge on any atom is -0.303 e. The third-order valence-electron chi connectivity index (χ3n) is 3.27. The lowest BCUT2D eigenvalue weighted by Crippen LogP contribution is -2.26. The molecule has 0 spiro atoms. The monoisotopic (exact) mass is 259 g/mol. The predicted molar refractivity (Wildman–Crippen MR) is 75.4 cm³/mol. The number of nitrogens with zero attached hydrogens (tertiary/aromatic N) is 2. The number of aromatic nitrogens is 2. The first-order valence-electron chi connectivity index (χ1n) is 6.20. The molecule has 0 saturated carbocycles. The highest BCUT2D eigenvalue weighted by Gasteiger charge is 2.19. The summed E-state index contributed by atoms with van der Waals surface area (Å²) < 4.78 is 1.85. The maximum Gasteiger partial charge on any atom is 0.0762 e. The minimum atomic E-state index is 0.446. The van der Waals surface area contributed by atoms with Crippen LogP contribution < -0.4 is 5.32 Å². The van der Waals surface area contributed by atoms with Crippen LogP contribution in [-0.4, -0.2) is 15.5 Å². The van der Waals surface area contributed by atoms with Crippen LogP contribution in [0.15, 0.2) is 36.5 Å². The number of nitrogens with one attached hydrogen (secondary N) is 1. The fraction of sp³-hybridized carbons (Fsp3) is 0.357. The molecule has 1 aliphatic rings. The number of thioether (sulfide) groups is 1. The van der Waals surface area contributed by atoms with Crippen molar-refractivity contribution in [2.45, 2.75) is 18.3 Å². The smallest absolute Gasteiger partial charge is 0.0762 e. The summed E-state index contributed by atoms with van der Waals surface area (Å²) in [7, 11) is 1.95. The van der Waals surface area contributed by atoms with Crippen LogP contribution in [0.3, 0.4) is 0 Å². The molecule has 94 valence electrons. The van der Waals surface area contributed by atoms with Crippen LogP contribution in [0.2, 0.25) is 0 Å². The number of hydrogen-bond donors (Lipinski definition) is 1. The molecule has 1 N–H and O–H groups in total. The Morgan fingerprint density at radius 1 is 1.39 bits per heavy atom. The summed E-state index contributed by atoms with van der Waals surface area (Å²) in [6, 6.07) is 11.2. The molecular weight excluding hydrogens is 242 g/mol. The molecule has 1 unspecified atom stereocenters. The van der Waals surface area contributed by atoms with E-state index in [0.717, 1.165) is 23.7 Å². The summed E-state index contributed by atoms with van der Waals surface area (Å²) in [4.78, 5) is 0. The topological polar surface area (TPSA) is 29.9 Å². The molecule has 2 aromatic rings. The highest BCUT2D eigenvalue weighted by atomic mass is 32.2. The summed E-state index contributed by atoms with van der Waals surface area (Å²) in [5.41, 5.74) is 4.02. The van der Waals surface area contributed by atoms with Gasteiger partial charge < -0.3 is 5.32 Å². The Morgan fingerprint density at radius 3 is 3.11 bits per heavy atom. The van der Waals surface area contributed by atoms with Gasteiger partial charge in [0.05, 0.1) is 5.69 Å². The fourth-order valence-corrected chi connectivity index (χ4v) is 3.47. The maximum atomic E-state index is 4.40. The van der Waals surface area contributed by atoms with Gasteiger partial charge in [0.1, 0.15) is 0 Å². The van der Waals surface area contributed by atoms with E-state index in [4.69, 9.17) is 0 Å². The van der Waals surface area contributed by atoms with Crippen LogP contribution in [-0.2, 0) is 19.3 Å². The van der Waals surface area contributed by atoms with Crippen molar-refractivity contribution >= 4 is 11.8 Å². The minimum absolute atomic E-state index is 0.446. The van der Waals surface area contributed by atoms with E-state index in [1.807, 2.05) is 29.7 Å². The van der Waals surface area contributed by atoms with Crippen molar-refractivity contribution in [2.24, 2.45) is 7.05 Å². The molecule has 1 atom stereocenters. The zero-order valence-electron chi connectivity index (χ0n) is 10.5. The molecule has 18 heavy (non-hydrogen) atoms. The second kappa shape index (κ2) is 5.16. The number of rotatable bonds is 3. The number of benzene rings is 1. The highest BCUT2D eigenvalue weighted by molar-refractivity contribution is 7.98. The van der Waals surface area contributed by atoms with E-state index in [1.54, 1.807) is 0 Å². The standard InChI is InChI=1S/C14H17N3S/c1-17-7-6-12(16-17)8-15-14-10-18-9-11-4-2-3-5-13(11)14/h2-7,14-15H,8-10H2,1H3. The van der Waals surface area contributed by atoms with E-state index in [-0.39, 0.29) is 0 Å². The molecule has 0 fully saturated rings. The largest absolute Gasteiger partial charge is 0.303 e. The summed E-state index contributed by atoms with van der Waals surface area (Å²) in [6.07, 6.45) is 1.99. The molecule has 0 aliphatic carbocycles. The van der Waals surface area contributed by atoms with Gasteiger partial charge in [-0.3, -0.25) is 4.68 Å². The second-order valence-electron chi connectivity index (χ2n) is 4.63. The lowest BCUT2D eigenvalue weighted by Gasteiger charge is -2.25. The Morgan fingerprint density at radius 2 is 2.28 bits per heavy atom. The lowest BCUT2D eigenvalue weighted by atomic mass is 10.0. The average molecular weight is 259 g/mol. The van der Waals surface area contributed by atoms with Gasteiger partial charge >= 0.3 is 0 Å². The molecule has 0 saturated heterocycles. The molecule has 0 amide bonds. The molecule has 3 rings (SSSR count). The van der Waals surface area contributed by atoms with Crippen molar-refractivity contribution in [2.75, 3.05) is 5.75 Å². The zero-order chi connectivity index (χ0) is 12.4. The van der Waals surface area contributed by atoms with Gasteiger partial charge in [-0.1, -0.05) is 24.3 Å².